The average molecular weight is 205 g/mol. The Kier molecular flexibility index (Phi) is 3.44. The molecule has 4 nitrogen and oxygen atoms in total. The molecule has 0 saturated carbocycles. The lowest BCUT2D eigenvalue weighted by Crippen LogP contribution is -2.42. The van der Waals surface area contributed by atoms with Gasteiger partial charge in [-0.1, -0.05) is 6.92 Å². The van der Waals surface area contributed by atoms with Crippen LogP contribution in [0.3, 0.4) is 0 Å². The van der Waals surface area contributed by atoms with Crippen molar-refractivity contribution in [2.75, 3.05) is 31.1 Å². The summed E-state index contributed by atoms with van der Waals surface area (Å²) in [5.41, 5.74) is 0. The van der Waals surface area contributed by atoms with E-state index in [1.54, 1.807) is 0 Å². The minimum atomic E-state index is -2.79. The number of nitrogens with zero attached hydrogens (tertiary/aromatic N) is 1. The van der Waals surface area contributed by atoms with Gasteiger partial charge in [0.2, 0.25) is 0 Å². The van der Waals surface area contributed by atoms with Crippen molar-refractivity contribution < 1.29 is 13.2 Å². The Bertz CT molecular complexity index is 259. The van der Waals surface area contributed by atoms with Crippen molar-refractivity contribution in [3.8, 4) is 0 Å². The van der Waals surface area contributed by atoms with Crippen molar-refractivity contribution >= 4 is 16.1 Å². The molecule has 0 N–H and O–H groups in total. The number of rotatable bonds is 3. The van der Waals surface area contributed by atoms with E-state index in [0.717, 1.165) is 6.29 Å². The number of hydrogen-bond donors (Lipinski definition) is 0. The minimum Gasteiger partial charge on any atom is -0.303 e. The summed E-state index contributed by atoms with van der Waals surface area (Å²) in [6.45, 7) is 3.66. The molecule has 1 unspecified atom stereocenters. The van der Waals surface area contributed by atoms with E-state index in [4.69, 9.17) is 0 Å². The molecule has 1 fully saturated rings. The third-order valence-electron chi connectivity index (χ3n) is 2.22. The molecule has 0 aromatic heterocycles. The fourth-order valence-electron chi connectivity index (χ4n) is 1.38. The van der Waals surface area contributed by atoms with Crippen LogP contribution < -0.4 is 0 Å². The molecule has 1 heterocycles. The van der Waals surface area contributed by atoms with Crippen molar-refractivity contribution in [1.29, 1.82) is 0 Å². The Balaban J connectivity index is 2.37. The monoisotopic (exact) mass is 205 g/mol. The Hall–Kier alpha value is -0.420. The second-order valence-corrected chi connectivity index (χ2v) is 5.87. The lowest BCUT2D eigenvalue weighted by Gasteiger charge is -2.27. The van der Waals surface area contributed by atoms with Gasteiger partial charge < -0.3 is 9.69 Å². The van der Waals surface area contributed by atoms with Crippen molar-refractivity contribution in [2.45, 2.75) is 6.92 Å². The van der Waals surface area contributed by atoms with Crippen LogP contribution in [0.2, 0.25) is 0 Å². The molecule has 1 atom stereocenters. The highest BCUT2D eigenvalue weighted by molar-refractivity contribution is 7.91. The van der Waals surface area contributed by atoms with E-state index >= 15 is 0 Å². The first-order chi connectivity index (χ1) is 6.03. The third kappa shape index (κ3) is 3.44. The molecule has 0 aromatic carbocycles. The lowest BCUT2D eigenvalue weighted by molar-refractivity contribution is -0.111. The van der Waals surface area contributed by atoms with E-state index in [0.29, 0.717) is 19.6 Å². The predicted molar refractivity (Wildman–Crippen MR) is 50.3 cm³/mol. The van der Waals surface area contributed by atoms with Gasteiger partial charge in [0.05, 0.1) is 11.5 Å². The topological polar surface area (TPSA) is 54.5 Å². The SMILES string of the molecule is CC(C=O)CN1CCS(=O)(=O)CC1. The Morgan fingerprint density at radius 3 is 2.38 bits per heavy atom. The quantitative estimate of drug-likeness (QED) is 0.586. The number of hydrogen-bond acceptors (Lipinski definition) is 4. The highest BCUT2D eigenvalue weighted by Gasteiger charge is 2.22. The Morgan fingerprint density at radius 2 is 1.92 bits per heavy atom. The second-order valence-electron chi connectivity index (χ2n) is 3.57. The molecule has 1 rings (SSSR count). The number of carbonyl (C=O) groups excluding carboxylic acids is 1. The largest absolute Gasteiger partial charge is 0.303 e. The van der Waals surface area contributed by atoms with Crippen LogP contribution in [0.15, 0.2) is 0 Å². The molecular weight excluding hydrogens is 190 g/mol. The molecule has 76 valence electrons. The van der Waals surface area contributed by atoms with E-state index in [2.05, 4.69) is 0 Å². The number of aldehydes is 1. The van der Waals surface area contributed by atoms with E-state index in [-0.39, 0.29) is 17.4 Å². The fraction of sp³-hybridized carbons (Fsp3) is 0.875. The molecule has 0 bridgehead atoms. The van der Waals surface area contributed by atoms with Gasteiger partial charge in [0.25, 0.3) is 0 Å². The van der Waals surface area contributed by atoms with Crippen molar-refractivity contribution in [3.63, 3.8) is 0 Å². The zero-order valence-electron chi connectivity index (χ0n) is 7.77. The molecule has 1 saturated heterocycles. The van der Waals surface area contributed by atoms with Crippen molar-refractivity contribution in [2.24, 2.45) is 5.92 Å². The first-order valence-electron chi connectivity index (χ1n) is 4.41. The smallest absolute Gasteiger partial charge is 0.152 e. The summed E-state index contributed by atoms with van der Waals surface area (Å²) in [6, 6.07) is 0. The summed E-state index contributed by atoms with van der Waals surface area (Å²) in [4.78, 5) is 12.4. The molecule has 13 heavy (non-hydrogen) atoms. The van der Waals surface area contributed by atoms with Crippen LogP contribution in [0.5, 0.6) is 0 Å². The van der Waals surface area contributed by atoms with Gasteiger partial charge in [0.15, 0.2) is 9.84 Å². The average Bonchev–Trinajstić information content (AvgIpc) is 2.08. The minimum absolute atomic E-state index is 0.000745. The van der Waals surface area contributed by atoms with Crippen LogP contribution in [-0.4, -0.2) is 50.7 Å². The van der Waals surface area contributed by atoms with Crippen LogP contribution in [0.1, 0.15) is 6.92 Å². The zero-order valence-corrected chi connectivity index (χ0v) is 8.59. The maximum absolute atomic E-state index is 11.1. The molecule has 1 aliphatic heterocycles. The van der Waals surface area contributed by atoms with Gasteiger partial charge in [0, 0.05) is 25.6 Å². The lowest BCUT2D eigenvalue weighted by atomic mass is 10.2. The molecule has 1 aliphatic rings. The summed E-state index contributed by atoms with van der Waals surface area (Å²) < 4.78 is 22.1. The van der Waals surface area contributed by atoms with Crippen LogP contribution in [0.4, 0.5) is 0 Å². The van der Waals surface area contributed by atoms with Crippen LogP contribution in [-0.2, 0) is 14.6 Å². The van der Waals surface area contributed by atoms with Crippen LogP contribution in [0, 0.1) is 5.92 Å². The summed E-state index contributed by atoms with van der Waals surface area (Å²) in [6.07, 6.45) is 0.906. The van der Waals surface area contributed by atoms with Crippen LogP contribution >= 0.6 is 0 Å². The van der Waals surface area contributed by atoms with Crippen LogP contribution in [0.25, 0.3) is 0 Å². The third-order valence-corrected chi connectivity index (χ3v) is 3.82. The van der Waals surface area contributed by atoms with E-state index in [1.807, 2.05) is 11.8 Å². The highest BCUT2D eigenvalue weighted by atomic mass is 32.2. The summed E-state index contributed by atoms with van der Waals surface area (Å²) in [7, 11) is -2.79. The highest BCUT2D eigenvalue weighted by Crippen LogP contribution is 2.05. The maximum atomic E-state index is 11.1. The zero-order chi connectivity index (χ0) is 9.90. The molecule has 0 radical (unpaired) electrons. The van der Waals surface area contributed by atoms with E-state index < -0.39 is 9.84 Å². The van der Waals surface area contributed by atoms with Gasteiger partial charge in [-0.15, -0.1) is 0 Å². The predicted octanol–water partition coefficient (Wildman–Crippen LogP) is -0.448. The van der Waals surface area contributed by atoms with Gasteiger partial charge in [-0.2, -0.15) is 0 Å². The van der Waals surface area contributed by atoms with E-state index in [9.17, 15) is 13.2 Å². The van der Waals surface area contributed by atoms with Gasteiger partial charge in [0.1, 0.15) is 6.29 Å². The summed E-state index contributed by atoms with van der Waals surface area (Å²) in [5.74, 6) is 0.470. The first-order valence-corrected chi connectivity index (χ1v) is 6.24. The summed E-state index contributed by atoms with van der Waals surface area (Å²) >= 11 is 0. The van der Waals surface area contributed by atoms with Gasteiger partial charge in [-0.3, -0.25) is 0 Å². The van der Waals surface area contributed by atoms with E-state index in [1.165, 1.54) is 0 Å². The molecule has 0 spiro atoms. The number of sulfone groups is 1. The number of carbonyl (C=O) groups is 1. The Labute approximate surface area is 78.8 Å². The second kappa shape index (κ2) is 4.19. The van der Waals surface area contributed by atoms with Crippen molar-refractivity contribution in [3.05, 3.63) is 0 Å². The van der Waals surface area contributed by atoms with Gasteiger partial charge >= 0.3 is 0 Å². The molecular formula is C8H15NO3S. The maximum Gasteiger partial charge on any atom is 0.152 e. The fourth-order valence-corrected chi connectivity index (χ4v) is 2.66. The normalized spacial score (nSPS) is 25.3. The molecule has 5 heteroatoms. The molecule has 0 aromatic rings. The van der Waals surface area contributed by atoms with Gasteiger partial charge in [-0.05, 0) is 0 Å². The van der Waals surface area contributed by atoms with Crippen molar-refractivity contribution in [1.82, 2.24) is 4.90 Å². The Morgan fingerprint density at radius 1 is 1.38 bits per heavy atom. The van der Waals surface area contributed by atoms with Gasteiger partial charge in [-0.25, -0.2) is 8.42 Å². The standard InChI is InChI=1S/C8H15NO3S/c1-8(7-10)6-9-2-4-13(11,12)5-3-9/h7-8H,2-6H2,1H3. The molecule has 0 amide bonds. The summed E-state index contributed by atoms with van der Waals surface area (Å²) in [5, 5.41) is 0. The first kappa shape index (κ1) is 10.7. The molecule has 0 aliphatic carbocycles.